The minimum Gasteiger partial charge on any atom is -0.465 e. The number of nitrogens with zero attached hydrogens (tertiary/aromatic N) is 2. The number of carbonyl (C=O) groups excluding carboxylic acids is 1. The van der Waals surface area contributed by atoms with Crippen LogP contribution in [0.4, 0.5) is 4.39 Å². The van der Waals surface area contributed by atoms with Crippen LogP contribution in [-0.4, -0.2) is 47.8 Å². The summed E-state index contributed by atoms with van der Waals surface area (Å²) in [7, 11) is 1.41. The van der Waals surface area contributed by atoms with E-state index in [0.29, 0.717) is 18.0 Å². The predicted molar refractivity (Wildman–Crippen MR) is 152 cm³/mol. The molecule has 0 saturated carbocycles. The Morgan fingerprint density at radius 2 is 1.61 bits per heavy atom. The summed E-state index contributed by atoms with van der Waals surface area (Å²) in [5.41, 5.74) is 5.57. The molecule has 1 aliphatic heterocycles. The van der Waals surface area contributed by atoms with Crippen molar-refractivity contribution in [3.8, 4) is 11.3 Å². The molecule has 0 aliphatic carbocycles. The number of esters is 1. The summed E-state index contributed by atoms with van der Waals surface area (Å²) < 4.78 is 21.6. The molecule has 0 N–H and O–H groups in total. The van der Waals surface area contributed by atoms with Gasteiger partial charge >= 0.3 is 5.97 Å². The van der Waals surface area contributed by atoms with Gasteiger partial charge in [-0.2, -0.15) is 0 Å². The first-order valence-electron chi connectivity index (χ1n) is 13.6. The summed E-state index contributed by atoms with van der Waals surface area (Å²) in [6.07, 6.45) is 2.91. The Bertz CT molecular complexity index is 1380. The van der Waals surface area contributed by atoms with Crippen LogP contribution in [0.1, 0.15) is 48.2 Å². The lowest BCUT2D eigenvalue weighted by molar-refractivity contribution is 0.0600. The van der Waals surface area contributed by atoms with E-state index in [0.717, 1.165) is 44.5 Å². The van der Waals surface area contributed by atoms with Crippen LogP contribution in [0.5, 0.6) is 0 Å². The van der Waals surface area contributed by atoms with Gasteiger partial charge in [0.05, 0.1) is 18.4 Å². The maximum atomic E-state index is 14.2. The van der Waals surface area contributed by atoms with Crippen molar-refractivity contribution in [1.82, 2.24) is 9.47 Å². The number of aromatic nitrogens is 1. The van der Waals surface area contributed by atoms with E-state index in [2.05, 4.69) is 64.1 Å². The quantitative estimate of drug-likeness (QED) is 0.235. The second kappa shape index (κ2) is 11.1. The van der Waals surface area contributed by atoms with Gasteiger partial charge in [-0.3, -0.25) is 0 Å². The zero-order chi connectivity index (χ0) is 26.7. The number of halogens is 1. The van der Waals surface area contributed by atoms with Crippen molar-refractivity contribution in [3.63, 3.8) is 0 Å². The Labute approximate surface area is 225 Å². The van der Waals surface area contributed by atoms with Crippen molar-refractivity contribution in [2.75, 3.05) is 26.7 Å². The van der Waals surface area contributed by atoms with Gasteiger partial charge in [0, 0.05) is 30.4 Å². The molecule has 1 aromatic heterocycles. The van der Waals surface area contributed by atoms with Crippen molar-refractivity contribution in [2.45, 2.75) is 45.3 Å². The Morgan fingerprint density at radius 3 is 2.26 bits per heavy atom. The maximum Gasteiger partial charge on any atom is 0.337 e. The van der Waals surface area contributed by atoms with Gasteiger partial charge in [-0.1, -0.05) is 60.7 Å². The number of fused-ring (bicyclic) bond motifs is 1. The smallest absolute Gasteiger partial charge is 0.337 e. The predicted octanol–water partition coefficient (Wildman–Crippen LogP) is 7.15. The number of piperidine rings is 1. The van der Waals surface area contributed by atoms with Crippen LogP contribution >= 0.6 is 0 Å². The van der Waals surface area contributed by atoms with Crippen LogP contribution in [0, 0.1) is 5.92 Å². The molecule has 1 aliphatic rings. The minimum atomic E-state index is -1.16. The topological polar surface area (TPSA) is 34.5 Å². The number of rotatable bonds is 8. The lowest BCUT2D eigenvalue weighted by Crippen LogP contribution is -2.41. The number of alkyl halides is 1. The second-order valence-corrected chi connectivity index (χ2v) is 11.1. The molecule has 38 heavy (non-hydrogen) atoms. The highest BCUT2D eigenvalue weighted by Crippen LogP contribution is 2.37. The molecule has 4 aromatic rings. The summed E-state index contributed by atoms with van der Waals surface area (Å²) in [6, 6.07) is 27.1. The summed E-state index contributed by atoms with van der Waals surface area (Å²) in [4.78, 5) is 14.2. The molecule has 0 radical (unpaired) electrons. The average molecular weight is 513 g/mol. The number of carbonyl (C=O) groups is 1. The minimum absolute atomic E-state index is 0.320. The van der Waals surface area contributed by atoms with E-state index in [4.69, 9.17) is 4.74 Å². The van der Waals surface area contributed by atoms with Crippen LogP contribution < -0.4 is 0 Å². The Morgan fingerprint density at radius 1 is 0.947 bits per heavy atom. The monoisotopic (exact) mass is 512 g/mol. The molecule has 0 spiro atoms. The molecule has 2 heterocycles. The first-order chi connectivity index (χ1) is 18.3. The van der Waals surface area contributed by atoms with Gasteiger partial charge in [0.15, 0.2) is 0 Å². The molecule has 0 atom stereocenters. The number of likely N-dealkylation sites (tertiary alicyclic amines) is 1. The fourth-order valence-electron chi connectivity index (χ4n) is 5.87. The normalized spacial score (nSPS) is 15.2. The fourth-order valence-corrected chi connectivity index (χ4v) is 5.87. The van der Waals surface area contributed by atoms with E-state index in [-0.39, 0.29) is 5.97 Å². The lowest BCUT2D eigenvalue weighted by atomic mass is 9.95. The zero-order valence-corrected chi connectivity index (χ0v) is 22.6. The van der Waals surface area contributed by atoms with Crippen LogP contribution in [0.3, 0.4) is 0 Å². The number of hydrogen-bond acceptors (Lipinski definition) is 3. The summed E-state index contributed by atoms with van der Waals surface area (Å²) in [6.45, 7) is 6.66. The van der Waals surface area contributed by atoms with Crippen molar-refractivity contribution in [2.24, 2.45) is 5.92 Å². The summed E-state index contributed by atoms with van der Waals surface area (Å²) >= 11 is 0. The number of benzene rings is 3. The summed E-state index contributed by atoms with van der Waals surface area (Å²) in [5, 5.41) is 1.26. The number of ether oxygens (including phenoxy) is 1. The van der Waals surface area contributed by atoms with E-state index in [9.17, 15) is 9.18 Å². The molecule has 1 fully saturated rings. The molecule has 5 rings (SSSR count). The van der Waals surface area contributed by atoms with Crippen molar-refractivity contribution in [3.05, 3.63) is 95.6 Å². The second-order valence-electron chi connectivity index (χ2n) is 11.1. The standard InChI is InChI=1S/C33H37FN2O2/c1-33(2,34)23-35-19-17-25(18-20-35)22-36-30-12-8-7-11-28(30)29(31(36)26-9-5-4-6-10-26)21-24-13-15-27(16-14-24)32(37)38-3/h4-16,25H,17-23H2,1-3H3. The molecule has 0 bridgehead atoms. The lowest BCUT2D eigenvalue weighted by Gasteiger charge is -2.35. The Kier molecular flexibility index (Phi) is 7.66. The first-order valence-corrected chi connectivity index (χ1v) is 13.6. The fraction of sp³-hybridized carbons (Fsp3) is 0.364. The molecule has 0 amide bonds. The van der Waals surface area contributed by atoms with Crippen molar-refractivity contribution >= 4 is 16.9 Å². The van der Waals surface area contributed by atoms with E-state index < -0.39 is 5.67 Å². The van der Waals surface area contributed by atoms with Crippen molar-refractivity contribution < 1.29 is 13.9 Å². The molecule has 4 nitrogen and oxygen atoms in total. The highest BCUT2D eigenvalue weighted by Gasteiger charge is 2.27. The van der Waals surface area contributed by atoms with Crippen LogP contribution in [0.25, 0.3) is 22.2 Å². The third kappa shape index (κ3) is 5.83. The van der Waals surface area contributed by atoms with Crippen LogP contribution in [-0.2, 0) is 17.7 Å². The Hall–Kier alpha value is -3.44. The van der Waals surface area contributed by atoms with Gasteiger partial charge in [-0.25, -0.2) is 9.18 Å². The first kappa shape index (κ1) is 26.2. The molecule has 5 heteroatoms. The number of methoxy groups -OCH3 is 1. The highest BCUT2D eigenvalue weighted by molar-refractivity contribution is 5.92. The van der Waals surface area contributed by atoms with Gasteiger partial charge < -0.3 is 14.2 Å². The van der Waals surface area contributed by atoms with E-state index in [1.54, 1.807) is 13.8 Å². The molecular weight excluding hydrogens is 475 g/mol. The molecule has 198 valence electrons. The molecular formula is C33H37FN2O2. The molecule has 1 saturated heterocycles. The third-order valence-electron chi connectivity index (χ3n) is 7.63. The number of hydrogen-bond donors (Lipinski definition) is 0. The number of para-hydroxylation sites is 1. The SMILES string of the molecule is COC(=O)c1ccc(Cc2c(-c3ccccc3)n(CC3CCN(CC(C)(C)F)CC3)c3ccccc23)cc1. The third-order valence-corrected chi connectivity index (χ3v) is 7.63. The van der Waals surface area contributed by atoms with E-state index in [1.807, 2.05) is 24.3 Å². The van der Waals surface area contributed by atoms with Gasteiger partial charge in [-0.15, -0.1) is 0 Å². The van der Waals surface area contributed by atoms with Gasteiger partial charge in [0.1, 0.15) is 5.67 Å². The van der Waals surface area contributed by atoms with Gasteiger partial charge in [-0.05, 0) is 80.6 Å². The van der Waals surface area contributed by atoms with Gasteiger partial charge in [0.25, 0.3) is 0 Å². The van der Waals surface area contributed by atoms with Gasteiger partial charge in [0.2, 0.25) is 0 Å². The van der Waals surface area contributed by atoms with E-state index >= 15 is 0 Å². The average Bonchev–Trinajstić information content (AvgIpc) is 3.22. The summed E-state index contributed by atoms with van der Waals surface area (Å²) in [5.74, 6) is 0.221. The highest BCUT2D eigenvalue weighted by atomic mass is 19.1. The maximum absolute atomic E-state index is 14.2. The Balaban J connectivity index is 1.50. The molecule has 3 aromatic carbocycles. The van der Waals surface area contributed by atoms with E-state index in [1.165, 1.54) is 34.8 Å². The zero-order valence-electron chi connectivity index (χ0n) is 22.6. The van der Waals surface area contributed by atoms with Crippen LogP contribution in [0.15, 0.2) is 78.9 Å². The van der Waals surface area contributed by atoms with Crippen molar-refractivity contribution in [1.29, 1.82) is 0 Å². The van der Waals surface area contributed by atoms with Crippen LogP contribution in [0.2, 0.25) is 0 Å². The molecule has 0 unspecified atom stereocenters. The largest absolute Gasteiger partial charge is 0.465 e.